The number of amides is 1. The molecule has 0 aromatic heterocycles. The lowest BCUT2D eigenvalue weighted by molar-refractivity contribution is -0.149. The predicted octanol–water partition coefficient (Wildman–Crippen LogP) is 6.42. The second-order valence-electron chi connectivity index (χ2n) is 11.8. The van der Waals surface area contributed by atoms with Crippen LogP contribution < -0.4 is 0 Å². The first-order valence-corrected chi connectivity index (χ1v) is 15.4. The summed E-state index contributed by atoms with van der Waals surface area (Å²) in [5.74, 6) is -0.687. The standard InChI is InChI=1S/C33H36F6N4O4/c1-4-46-30(45)22-10-7-12-43(19-22)31-40-27(25-11-6-5-9-20(25)2)26-28(44)42(13-8-14-47-29(26)41(31)3)18-21-15-23(32(34,35)36)17-24(16-21)33(37,38)39/h5-6,9,15-17,22H,4,7-8,10-14,18-19H2,1-3H3. The van der Waals surface area contributed by atoms with Gasteiger partial charge in [0.25, 0.3) is 5.91 Å². The van der Waals surface area contributed by atoms with Gasteiger partial charge in [-0.1, -0.05) is 18.2 Å². The molecule has 1 aromatic carbocycles. The van der Waals surface area contributed by atoms with Crippen LogP contribution in [-0.2, 0) is 38.0 Å². The summed E-state index contributed by atoms with van der Waals surface area (Å²) < 4.78 is 93.2. The van der Waals surface area contributed by atoms with Crippen LogP contribution in [0.5, 0.6) is 0 Å². The largest absolute Gasteiger partial charge is 0.478 e. The molecular formula is C33H36F6N4O4. The van der Waals surface area contributed by atoms with Crippen molar-refractivity contribution in [2.75, 3.05) is 39.9 Å². The number of alkyl halides is 6. The molecule has 14 heteroatoms. The van der Waals surface area contributed by atoms with Gasteiger partial charge in [-0.05, 0) is 74.4 Å². The molecule has 0 bridgehead atoms. The Kier molecular flexibility index (Phi) is 9.78. The van der Waals surface area contributed by atoms with Gasteiger partial charge in [0.15, 0.2) is 0 Å². The Morgan fingerprint density at radius 1 is 1.06 bits per heavy atom. The first kappa shape index (κ1) is 34.1. The maximum absolute atomic E-state index is 14.4. The molecule has 1 aromatic rings. The minimum Gasteiger partial charge on any atom is -0.478 e. The number of guanidine groups is 1. The van der Waals surface area contributed by atoms with Gasteiger partial charge in [0.05, 0.1) is 36.0 Å². The Bertz CT molecular complexity index is 1540. The molecule has 3 aliphatic heterocycles. The zero-order chi connectivity index (χ0) is 34.1. The van der Waals surface area contributed by atoms with Gasteiger partial charge in [-0.25, -0.2) is 4.99 Å². The van der Waals surface area contributed by atoms with Crippen molar-refractivity contribution in [1.29, 1.82) is 0 Å². The summed E-state index contributed by atoms with van der Waals surface area (Å²) in [7, 11) is 1.68. The van der Waals surface area contributed by atoms with E-state index in [2.05, 4.69) is 0 Å². The number of hydrogen-bond donors (Lipinski definition) is 0. The lowest BCUT2D eigenvalue weighted by Gasteiger charge is -2.41. The van der Waals surface area contributed by atoms with Crippen molar-refractivity contribution in [2.45, 2.75) is 58.4 Å². The number of nitrogens with zero attached hydrogens (tertiary/aromatic N) is 4. The van der Waals surface area contributed by atoms with Gasteiger partial charge in [0.2, 0.25) is 11.8 Å². The topological polar surface area (TPSA) is 74.7 Å². The first-order chi connectivity index (χ1) is 22.2. The molecule has 1 amide bonds. The number of hydrogen-bond acceptors (Lipinski definition) is 7. The fourth-order valence-electron chi connectivity index (χ4n) is 6.17. The molecule has 3 heterocycles. The van der Waals surface area contributed by atoms with Crippen LogP contribution in [-0.4, -0.2) is 72.4 Å². The summed E-state index contributed by atoms with van der Waals surface area (Å²) in [5, 5.41) is 0. The van der Waals surface area contributed by atoms with Crippen LogP contribution in [0, 0.1) is 5.92 Å². The minimum atomic E-state index is -5.02. The highest BCUT2D eigenvalue weighted by Crippen LogP contribution is 2.39. The van der Waals surface area contributed by atoms with Gasteiger partial charge in [-0.2, -0.15) is 26.3 Å². The van der Waals surface area contributed by atoms with Crippen molar-refractivity contribution < 1.29 is 45.4 Å². The van der Waals surface area contributed by atoms with E-state index in [0.29, 0.717) is 56.1 Å². The zero-order valence-corrected chi connectivity index (χ0v) is 26.3. The summed E-state index contributed by atoms with van der Waals surface area (Å²) in [6.45, 7) is 4.43. The third-order valence-corrected chi connectivity index (χ3v) is 8.49. The molecule has 0 radical (unpaired) electrons. The van der Waals surface area contributed by atoms with Crippen molar-refractivity contribution in [3.05, 3.63) is 81.4 Å². The van der Waals surface area contributed by atoms with E-state index in [-0.39, 0.29) is 61.2 Å². The molecule has 4 aliphatic rings. The number of allylic oxidation sites excluding steroid dienone is 5. The lowest BCUT2D eigenvalue weighted by atomic mass is 9.93. The lowest BCUT2D eigenvalue weighted by Crippen LogP contribution is -2.51. The molecule has 1 saturated heterocycles. The Labute approximate surface area is 268 Å². The molecule has 8 nitrogen and oxygen atoms in total. The monoisotopic (exact) mass is 666 g/mol. The third-order valence-electron chi connectivity index (χ3n) is 8.49. The predicted molar refractivity (Wildman–Crippen MR) is 160 cm³/mol. The number of ether oxygens (including phenoxy) is 2. The molecular weight excluding hydrogens is 630 g/mol. The minimum absolute atomic E-state index is 0.0260. The van der Waals surface area contributed by atoms with Crippen LogP contribution in [0.4, 0.5) is 26.3 Å². The van der Waals surface area contributed by atoms with Crippen LogP contribution in [0.2, 0.25) is 0 Å². The van der Waals surface area contributed by atoms with Crippen LogP contribution in [0.15, 0.2) is 69.7 Å². The number of aliphatic imine (C=N–C) groups is 1. The Balaban J connectivity index is 1.57. The highest BCUT2D eigenvalue weighted by molar-refractivity contribution is 6.02. The summed E-state index contributed by atoms with van der Waals surface area (Å²) in [4.78, 5) is 36.8. The summed E-state index contributed by atoms with van der Waals surface area (Å²) in [5.41, 5.74) is -1.27. The molecule has 0 spiro atoms. The second-order valence-corrected chi connectivity index (χ2v) is 11.8. The molecule has 1 fully saturated rings. The van der Waals surface area contributed by atoms with Crippen molar-refractivity contribution in [3.8, 4) is 0 Å². The molecule has 5 rings (SSSR count). The molecule has 1 unspecified atom stereocenters. The van der Waals surface area contributed by atoms with E-state index in [0.717, 1.165) is 11.1 Å². The van der Waals surface area contributed by atoms with Gasteiger partial charge in [0, 0.05) is 33.2 Å². The summed E-state index contributed by atoms with van der Waals surface area (Å²) in [6, 6.07) is 1.36. The van der Waals surface area contributed by atoms with Gasteiger partial charge in [-0.3, -0.25) is 14.5 Å². The van der Waals surface area contributed by atoms with Gasteiger partial charge < -0.3 is 19.3 Å². The first-order valence-electron chi connectivity index (χ1n) is 15.4. The second kappa shape index (κ2) is 13.5. The van der Waals surface area contributed by atoms with Crippen LogP contribution in [0.1, 0.15) is 56.2 Å². The van der Waals surface area contributed by atoms with Crippen molar-refractivity contribution in [3.63, 3.8) is 0 Å². The number of rotatable bonds is 4. The zero-order valence-electron chi connectivity index (χ0n) is 26.3. The average Bonchev–Trinajstić information content (AvgIpc) is 3.01. The van der Waals surface area contributed by atoms with E-state index in [1.807, 2.05) is 30.1 Å². The van der Waals surface area contributed by atoms with E-state index in [4.69, 9.17) is 14.5 Å². The van der Waals surface area contributed by atoms with Crippen LogP contribution in [0.3, 0.4) is 0 Å². The number of carbonyl (C=O) groups excluding carboxylic acids is 2. The van der Waals surface area contributed by atoms with Crippen molar-refractivity contribution in [2.24, 2.45) is 10.9 Å². The number of esters is 1. The molecule has 0 N–H and O–H groups in total. The number of benzene rings is 1. The van der Waals surface area contributed by atoms with E-state index in [1.165, 1.54) is 4.90 Å². The summed E-state index contributed by atoms with van der Waals surface area (Å²) >= 11 is 0. The quantitative estimate of drug-likeness (QED) is 0.273. The maximum Gasteiger partial charge on any atom is 0.416 e. The number of likely N-dealkylation sites (tertiary alicyclic amines) is 1. The molecule has 0 saturated carbocycles. The highest BCUT2D eigenvalue weighted by atomic mass is 19.4. The maximum atomic E-state index is 14.4. The van der Waals surface area contributed by atoms with Gasteiger partial charge in [0.1, 0.15) is 5.57 Å². The van der Waals surface area contributed by atoms with Gasteiger partial charge >= 0.3 is 18.3 Å². The van der Waals surface area contributed by atoms with Crippen LogP contribution >= 0.6 is 0 Å². The third kappa shape index (κ3) is 7.36. The smallest absolute Gasteiger partial charge is 0.416 e. The number of halogens is 6. The van der Waals surface area contributed by atoms with Crippen LogP contribution in [0.25, 0.3) is 0 Å². The fraction of sp³-hybridized carbons (Fsp3) is 0.485. The highest BCUT2D eigenvalue weighted by Gasteiger charge is 2.41. The Morgan fingerprint density at radius 3 is 2.40 bits per heavy atom. The summed E-state index contributed by atoms with van der Waals surface area (Å²) in [6.07, 6.45) is -2.36. The molecule has 254 valence electrons. The fourth-order valence-corrected chi connectivity index (χ4v) is 6.17. The van der Waals surface area contributed by atoms with Gasteiger partial charge in [-0.15, -0.1) is 0 Å². The molecule has 47 heavy (non-hydrogen) atoms. The SMILES string of the molecule is CCOC(=O)C1CCCN(C2=NC(=C3CC=CC=C3C)C3=C(OCCCN(Cc4cc(C(F)(F)F)cc(C(F)(F)F)c4)C3=O)N2C)C1. The molecule has 1 aliphatic carbocycles. The van der Waals surface area contributed by atoms with E-state index < -0.39 is 35.9 Å². The normalized spacial score (nSPS) is 22.7. The Hall–Kier alpha value is -4.23. The molecule has 1 atom stereocenters. The average molecular weight is 667 g/mol. The van der Waals surface area contributed by atoms with Crippen molar-refractivity contribution >= 4 is 17.8 Å². The van der Waals surface area contributed by atoms with Crippen molar-refractivity contribution in [1.82, 2.24) is 14.7 Å². The number of carbonyl (C=O) groups is 2. The Morgan fingerprint density at radius 2 is 1.77 bits per heavy atom. The number of piperidine rings is 1. The van der Waals surface area contributed by atoms with E-state index in [9.17, 15) is 35.9 Å². The van der Waals surface area contributed by atoms with E-state index >= 15 is 0 Å². The van der Waals surface area contributed by atoms with E-state index in [1.54, 1.807) is 18.9 Å².